The Morgan fingerprint density at radius 1 is 1.20 bits per heavy atom. The van der Waals surface area contributed by atoms with Crippen LogP contribution in [0.3, 0.4) is 0 Å². The zero-order valence-electron chi connectivity index (χ0n) is 12.0. The molecule has 1 N–H and O–H groups in total. The third-order valence-corrected chi connectivity index (χ3v) is 5.16. The Bertz CT molecular complexity index is 501. The largest absolute Gasteiger partial charge is 0.317 e. The fourth-order valence-electron chi connectivity index (χ4n) is 2.80. The van der Waals surface area contributed by atoms with E-state index in [-0.39, 0.29) is 18.4 Å². The van der Waals surface area contributed by atoms with Gasteiger partial charge in [-0.15, -0.1) is 12.4 Å². The van der Waals surface area contributed by atoms with Crippen molar-refractivity contribution in [1.82, 2.24) is 9.62 Å². The van der Waals surface area contributed by atoms with Crippen LogP contribution in [0.2, 0.25) is 0 Å². The molecule has 1 heterocycles. The summed E-state index contributed by atoms with van der Waals surface area (Å²) in [4.78, 5) is 0. The smallest absolute Gasteiger partial charge is 0.211 e. The maximum absolute atomic E-state index is 11.9. The van der Waals surface area contributed by atoms with Crippen molar-refractivity contribution in [2.24, 2.45) is 5.92 Å². The van der Waals surface area contributed by atoms with Crippen molar-refractivity contribution in [3.63, 3.8) is 0 Å². The van der Waals surface area contributed by atoms with Crippen molar-refractivity contribution in [3.05, 3.63) is 35.9 Å². The Morgan fingerprint density at radius 3 is 2.25 bits per heavy atom. The van der Waals surface area contributed by atoms with Crippen molar-refractivity contribution in [2.45, 2.75) is 18.9 Å². The number of rotatable bonds is 4. The molecule has 1 aliphatic rings. The van der Waals surface area contributed by atoms with E-state index in [9.17, 15) is 8.42 Å². The van der Waals surface area contributed by atoms with Gasteiger partial charge in [0.25, 0.3) is 0 Å². The van der Waals surface area contributed by atoms with Gasteiger partial charge in [-0.25, -0.2) is 8.42 Å². The van der Waals surface area contributed by atoms with Gasteiger partial charge in [0.05, 0.1) is 12.3 Å². The quantitative estimate of drug-likeness (QED) is 0.924. The molecule has 0 aromatic heterocycles. The standard InChI is InChI=1S/C14H22N2O2S.ClH/c1-16(19(2,17)18)14(12-6-4-3-5-7-12)13-8-10-15-11-9-13;/h3-7,13-15H,8-11H2,1-2H3;1H. The molecule has 1 unspecified atom stereocenters. The predicted molar refractivity (Wildman–Crippen MR) is 84.6 cm³/mol. The molecule has 1 aliphatic heterocycles. The predicted octanol–water partition coefficient (Wildman–Crippen LogP) is 2.04. The topological polar surface area (TPSA) is 49.4 Å². The summed E-state index contributed by atoms with van der Waals surface area (Å²) in [6.45, 7) is 1.93. The molecular weight excluding hydrogens is 296 g/mol. The summed E-state index contributed by atoms with van der Waals surface area (Å²) in [7, 11) is -1.50. The number of hydrogen-bond acceptors (Lipinski definition) is 3. The molecule has 1 saturated heterocycles. The molecule has 6 heteroatoms. The second kappa shape index (κ2) is 7.41. The van der Waals surface area contributed by atoms with Crippen molar-refractivity contribution in [3.8, 4) is 0 Å². The molecule has 0 radical (unpaired) electrons. The molecular formula is C14H23ClN2O2S. The second-order valence-corrected chi connectivity index (χ2v) is 7.26. The van der Waals surface area contributed by atoms with Gasteiger partial charge in [0.1, 0.15) is 0 Å². The van der Waals surface area contributed by atoms with Crippen LogP contribution in [-0.4, -0.2) is 39.1 Å². The van der Waals surface area contributed by atoms with E-state index >= 15 is 0 Å². The number of nitrogens with zero attached hydrogens (tertiary/aromatic N) is 1. The van der Waals surface area contributed by atoms with Crippen LogP contribution in [0, 0.1) is 5.92 Å². The van der Waals surface area contributed by atoms with Crippen molar-refractivity contribution < 1.29 is 8.42 Å². The first kappa shape index (κ1) is 17.4. The average molecular weight is 319 g/mol. The molecule has 1 aromatic rings. The highest BCUT2D eigenvalue weighted by molar-refractivity contribution is 7.88. The minimum atomic E-state index is -3.19. The molecule has 0 amide bonds. The molecule has 20 heavy (non-hydrogen) atoms. The normalized spacial score (nSPS) is 18.6. The van der Waals surface area contributed by atoms with Crippen molar-refractivity contribution >= 4 is 22.4 Å². The average Bonchev–Trinajstić information content (AvgIpc) is 2.40. The van der Waals surface area contributed by atoms with Gasteiger partial charge in [0.15, 0.2) is 0 Å². The van der Waals surface area contributed by atoms with E-state index < -0.39 is 10.0 Å². The number of piperidine rings is 1. The first-order valence-corrected chi connectivity index (χ1v) is 8.53. The van der Waals surface area contributed by atoms with Crippen LogP contribution in [0.15, 0.2) is 30.3 Å². The lowest BCUT2D eigenvalue weighted by Gasteiger charge is -2.36. The van der Waals surface area contributed by atoms with Crippen molar-refractivity contribution in [1.29, 1.82) is 0 Å². The molecule has 0 aliphatic carbocycles. The highest BCUT2D eigenvalue weighted by Gasteiger charge is 2.32. The lowest BCUT2D eigenvalue weighted by Crippen LogP contribution is -2.39. The highest BCUT2D eigenvalue weighted by atomic mass is 35.5. The third kappa shape index (κ3) is 4.19. The van der Waals surface area contributed by atoms with Gasteiger partial charge in [0, 0.05) is 7.05 Å². The van der Waals surface area contributed by atoms with E-state index in [4.69, 9.17) is 0 Å². The zero-order chi connectivity index (χ0) is 13.9. The number of halogens is 1. The highest BCUT2D eigenvalue weighted by Crippen LogP contribution is 2.34. The van der Waals surface area contributed by atoms with Crippen LogP contribution in [0.25, 0.3) is 0 Å². The van der Waals surface area contributed by atoms with E-state index in [0.29, 0.717) is 5.92 Å². The number of hydrogen-bond donors (Lipinski definition) is 1. The number of sulfonamides is 1. The van der Waals surface area contributed by atoms with E-state index in [1.54, 1.807) is 7.05 Å². The Balaban J connectivity index is 0.00000200. The monoisotopic (exact) mass is 318 g/mol. The fraction of sp³-hybridized carbons (Fsp3) is 0.571. The Hall–Kier alpha value is -0.620. The summed E-state index contributed by atoms with van der Waals surface area (Å²) in [5.74, 6) is 0.378. The lowest BCUT2D eigenvalue weighted by atomic mass is 9.86. The van der Waals surface area contributed by atoms with Gasteiger partial charge in [0.2, 0.25) is 10.0 Å². The second-order valence-electron chi connectivity index (χ2n) is 5.22. The first-order chi connectivity index (χ1) is 9.00. The maximum atomic E-state index is 11.9. The third-order valence-electron chi connectivity index (χ3n) is 3.89. The summed E-state index contributed by atoms with van der Waals surface area (Å²) in [6.07, 6.45) is 3.31. The Labute approximate surface area is 128 Å². The molecule has 0 bridgehead atoms. The first-order valence-electron chi connectivity index (χ1n) is 6.69. The van der Waals surface area contributed by atoms with Crippen LogP contribution >= 0.6 is 12.4 Å². The number of nitrogens with one attached hydrogen (secondary N) is 1. The van der Waals surface area contributed by atoms with Crippen LogP contribution in [0.5, 0.6) is 0 Å². The Kier molecular flexibility index (Phi) is 6.45. The molecule has 0 saturated carbocycles. The summed E-state index contributed by atoms with van der Waals surface area (Å²) >= 11 is 0. The molecule has 1 aromatic carbocycles. The summed E-state index contributed by atoms with van der Waals surface area (Å²) in [6, 6.07) is 9.89. The minimum Gasteiger partial charge on any atom is -0.317 e. The fourth-order valence-corrected chi connectivity index (χ4v) is 3.50. The van der Waals surface area contributed by atoms with E-state index in [1.165, 1.54) is 10.6 Å². The van der Waals surface area contributed by atoms with Gasteiger partial charge in [-0.1, -0.05) is 30.3 Å². The summed E-state index contributed by atoms with van der Waals surface area (Å²) in [5.41, 5.74) is 1.09. The van der Waals surface area contributed by atoms with E-state index in [1.807, 2.05) is 30.3 Å². The molecule has 1 atom stereocenters. The summed E-state index contributed by atoms with van der Waals surface area (Å²) < 4.78 is 25.3. The van der Waals surface area contributed by atoms with E-state index in [2.05, 4.69) is 5.32 Å². The summed E-state index contributed by atoms with van der Waals surface area (Å²) in [5, 5.41) is 3.33. The van der Waals surface area contributed by atoms with Gasteiger partial charge >= 0.3 is 0 Å². The van der Waals surface area contributed by atoms with Gasteiger partial charge in [-0.05, 0) is 37.4 Å². The lowest BCUT2D eigenvalue weighted by molar-refractivity contribution is 0.223. The SMILES string of the molecule is CN(C(c1ccccc1)C1CCNCC1)S(C)(=O)=O.Cl. The van der Waals surface area contributed by atoms with Crippen LogP contribution in [0.4, 0.5) is 0 Å². The molecule has 4 nitrogen and oxygen atoms in total. The number of benzene rings is 1. The van der Waals surface area contributed by atoms with E-state index in [0.717, 1.165) is 31.5 Å². The molecule has 1 fully saturated rings. The zero-order valence-corrected chi connectivity index (χ0v) is 13.6. The van der Waals surface area contributed by atoms with Crippen LogP contribution in [-0.2, 0) is 10.0 Å². The maximum Gasteiger partial charge on any atom is 0.211 e. The van der Waals surface area contributed by atoms with Crippen molar-refractivity contribution in [2.75, 3.05) is 26.4 Å². The Morgan fingerprint density at radius 2 is 1.75 bits per heavy atom. The minimum absolute atomic E-state index is 0. The van der Waals surface area contributed by atoms with Crippen LogP contribution < -0.4 is 5.32 Å². The van der Waals surface area contributed by atoms with Gasteiger partial charge in [-0.2, -0.15) is 4.31 Å². The molecule has 0 spiro atoms. The van der Waals surface area contributed by atoms with Gasteiger partial charge < -0.3 is 5.32 Å². The van der Waals surface area contributed by atoms with Crippen LogP contribution in [0.1, 0.15) is 24.4 Å². The molecule has 2 rings (SSSR count). The molecule has 114 valence electrons. The van der Waals surface area contributed by atoms with Gasteiger partial charge in [-0.3, -0.25) is 0 Å².